The second-order valence-electron chi connectivity index (χ2n) is 4.46. The van der Waals surface area contributed by atoms with E-state index in [0.717, 1.165) is 5.56 Å². The molecular formula is C13H19N5O2. The van der Waals surface area contributed by atoms with Gasteiger partial charge in [-0.3, -0.25) is 10.1 Å². The first-order valence-electron chi connectivity index (χ1n) is 6.25. The van der Waals surface area contributed by atoms with Gasteiger partial charge in [-0.15, -0.1) is 0 Å². The fourth-order valence-corrected chi connectivity index (χ4v) is 1.80. The third-order valence-corrected chi connectivity index (χ3v) is 3.12. The average molecular weight is 277 g/mol. The normalized spacial score (nSPS) is 13.1. The van der Waals surface area contributed by atoms with Gasteiger partial charge in [-0.1, -0.05) is 17.2 Å². The molecule has 0 spiro atoms. The van der Waals surface area contributed by atoms with Crippen molar-refractivity contribution in [3.05, 3.63) is 40.3 Å². The SMILES string of the molecule is COc1cccc(C(C)(NCCCN=[N+]=[N-])C(N)=O)c1. The summed E-state index contributed by atoms with van der Waals surface area (Å²) < 4.78 is 5.15. The van der Waals surface area contributed by atoms with Gasteiger partial charge in [0.05, 0.1) is 7.11 Å². The number of rotatable bonds is 8. The summed E-state index contributed by atoms with van der Waals surface area (Å²) in [6, 6.07) is 7.18. The summed E-state index contributed by atoms with van der Waals surface area (Å²) in [7, 11) is 1.56. The molecule has 3 N–H and O–H groups in total. The summed E-state index contributed by atoms with van der Waals surface area (Å²) in [5.41, 5.74) is 13.4. The van der Waals surface area contributed by atoms with Gasteiger partial charge in [-0.25, -0.2) is 0 Å². The van der Waals surface area contributed by atoms with Crippen LogP contribution < -0.4 is 15.8 Å². The molecule has 1 rings (SSSR count). The zero-order valence-corrected chi connectivity index (χ0v) is 11.7. The standard InChI is InChI=1S/C13H19N5O2/c1-13(12(14)19,16-7-4-8-17-18-15)10-5-3-6-11(9-10)20-2/h3,5-6,9,16H,4,7-8H2,1-2H3,(H2,14,19). The van der Waals surface area contributed by atoms with Crippen LogP contribution in [-0.4, -0.2) is 26.1 Å². The third kappa shape index (κ3) is 3.88. The Morgan fingerprint density at radius 1 is 1.60 bits per heavy atom. The lowest BCUT2D eigenvalue weighted by molar-refractivity contribution is -0.124. The predicted molar refractivity (Wildman–Crippen MR) is 76.2 cm³/mol. The van der Waals surface area contributed by atoms with Crippen molar-refractivity contribution in [1.82, 2.24) is 5.32 Å². The molecule has 1 unspecified atom stereocenters. The highest BCUT2D eigenvalue weighted by Gasteiger charge is 2.32. The maximum absolute atomic E-state index is 11.8. The number of nitrogens with one attached hydrogen (secondary N) is 1. The fourth-order valence-electron chi connectivity index (χ4n) is 1.80. The van der Waals surface area contributed by atoms with E-state index in [9.17, 15) is 4.79 Å². The minimum absolute atomic E-state index is 0.371. The monoisotopic (exact) mass is 277 g/mol. The van der Waals surface area contributed by atoms with Crippen molar-refractivity contribution < 1.29 is 9.53 Å². The van der Waals surface area contributed by atoms with E-state index in [1.54, 1.807) is 32.2 Å². The first-order chi connectivity index (χ1) is 9.54. The number of nitrogens with zero attached hydrogens (tertiary/aromatic N) is 3. The molecule has 1 amide bonds. The topological polar surface area (TPSA) is 113 Å². The second kappa shape index (κ2) is 7.37. The van der Waals surface area contributed by atoms with Crippen LogP contribution in [0.1, 0.15) is 18.9 Å². The van der Waals surface area contributed by atoms with Gasteiger partial charge in [-0.05, 0) is 43.1 Å². The van der Waals surface area contributed by atoms with Crippen LogP contribution in [0.4, 0.5) is 0 Å². The Morgan fingerprint density at radius 2 is 2.35 bits per heavy atom. The number of carbonyl (C=O) groups is 1. The largest absolute Gasteiger partial charge is 0.497 e. The molecule has 0 saturated heterocycles. The first kappa shape index (κ1) is 15.8. The van der Waals surface area contributed by atoms with Crippen molar-refractivity contribution in [2.75, 3.05) is 20.2 Å². The molecule has 0 aliphatic rings. The molecule has 0 radical (unpaired) electrons. The number of hydrogen-bond acceptors (Lipinski definition) is 4. The van der Waals surface area contributed by atoms with Crippen molar-refractivity contribution in [3.8, 4) is 5.75 Å². The van der Waals surface area contributed by atoms with E-state index < -0.39 is 11.4 Å². The summed E-state index contributed by atoms with van der Waals surface area (Å²) in [6.45, 7) is 2.60. The maximum Gasteiger partial charge on any atom is 0.242 e. The molecule has 20 heavy (non-hydrogen) atoms. The molecule has 1 aromatic carbocycles. The molecule has 7 nitrogen and oxygen atoms in total. The molecule has 0 aliphatic carbocycles. The van der Waals surface area contributed by atoms with E-state index in [4.69, 9.17) is 16.0 Å². The summed E-state index contributed by atoms with van der Waals surface area (Å²) in [5.74, 6) is 0.181. The maximum atomic E-state index is 11.8. The van der Waals surface area contributed by atoms with Gasteiger partial charge in [0.2, 0.25) is 5.91 Å². The van der Waals surface area contributed by atoms with Crippen LogP contribution in [0.5, 0.6) is 5.75 Å². The lowest BCUT2D eigenvalue weighted by Crippen LogP contribution is -2.50. The van der Waals surface area contributed by atoms with E-state index >= 15 is 0 Å². The van der Waals surface area contributed by atoms with Crippen molar-refractivity contribution >= 4 is 5.91 Å². The molecule has 1 atom stereocenters. The second-order valence-corrected chi connectivity index (χ2v) is 4.46. The van der Waals surface area contributed by atoms with Crippen molar-refractivity contribution in [2.45, 2.75) is 18.9 Å². The Kier molecular flexibility index (Phi) is 5.83. The Bertz CT molecular complexity index is 513. The number of amides is 1. The van der Waals surface area contributed by atoms with Gasteiger partial charge in [-0.2, -0.15) is 0 Å². The lowest BCUT2D eigenvalue weighted by Gasteiger charge is -2.28. The Balaban J connectivity index is 2.84. The molecule has 108 valence electrons. The van der Waals surface area contributed by atoms with Gasteiger partial charge >= 0.3 is 0 Å². The summed E-state index contributed by atoms with van der Waals surface area (Å²) in [6.07, 6.45) is 0.622. The minimum Gasteiger partial charge on any atom is -0.497 e. The van der Waals surface area contributed by atoms with E-state index in [1.165, 1.54) is 0 Å². The van der Waals surface area contributed by atoms with Crippen molar-refractivity contribution in [1.29, 1.82) is 0 Å². The number of hydrogen-bond donors (Lipinski definition) is 2. The van der Waals surface area contributed by atoms with Crippen LogP contribution >= 0.6 is 0 Å². The van der Waals surface area contributed by atoms with Crippen LogP contribution in [0.2, 0.25) is 0 Å². The van der Waals surface area contributed by atoms with E-state index in [1.807, 2.05) is 6.07 Å². The number of benzene rings is 1. The Labute approximate surface area is 117 Å². The summed E-state index contributed by atoms with van der Waals surface area (Å²) in [4.78, 5) is 14.5. The lowest BCUT2D eigenvalue weighted by atomic mass is 9.91. The molecule has 0 aromatic heterocycles. The zero-order chi connectivity index (χ0) is 15.0. The van der Waals surface area contributed by atoms with Gasteiger partial charge < -0.3 is 10.5 Å². The predicted octanol–water partition coefficient (Wildman–Crippen LogP) is 1.69. The van der Waals surface area contributed by atoms with Crippen LogP contribution in [-0.2, 0) is 10.3 Å². The molecule has 0 aliphatic heterocycles. The molecular weight excluding hydrogens is 258 g/mol. The van der Waals surface area contributed by atoms with Crippen LogP contribution in [0.3, 0.4) is 0 Å². The van der Waals surface area contributed by atoms with Gasteiger partial charge in [0.1, 0.15) is 11.3 Å². The zero-order valence-electron chi connectivity index (χ0n) is 11.7. The van der Waals surface area contributed by atoms with E-state index in [-0.39, 0.29) is 0 Å². The first-order valence-corrected chi connectivity index (χ1v) is 6.25. The van der Waals surface area contributed by atoms with Crippen LogP contribution in [0.15, 0.2) is 29.4 Å². The van der Waals surface area contributed by atoms with E-state index in [0.29, 0.717) is 25.3 Å². The molecule has 1 aromatic rings. The Morgan fingerprint density at radius 3 is 2.95 bits per heavy atom. The molecule has 0 saturated carbocycles. The van der Waals surface area contributed by atoms with Gasteiger partial charge in [0.15, 0.2) is 0 Å². The molecule has 0 bridgehead atoms. The number of ether oxygens (including phenoxy) is 1. The van der Waals surface area contributed by atoms with Crippen molar-refractivity contribution in [2.24, 2.45) is 10.8 Å². The highest BCUT2D eigenvalue weighted by atomic mass is 16.5. The molecule has 0 fully saturated rings. The average Bonchev–Trinajstić information content (AvgIpc) is 2.46. The van der Waals surface area contributed by atoms with Gasteiger partial charge in [0, 0.05) is 11.5 Å². The Hall–Kier alpha value is -2.24. The highest BCUT2D eigenvalue weighted by molar-refractivity contribution is 5.85. The molecule has 7 heteroatoms. The smallest absolute Gasteiger partial charge is 0.242 e. The highest BCUT2D eigenvalue weighted by Crippen LogP contribution is 2.24. The fraction of sp³-hybridized carbons (Fsp3) is 0.462. The van der Waals surface area contributed by atoms with Crippen molar-refractivity contribution in [3.63, 3.8) is 0 Å². The third-order valence-electron chi connectivity index (χ3n) is 3.12. The number of carbonyl (C=O) groups excluding carboxylic acids is 1. The number of primary amides is 1. The number of azide groups is 1. The number of methoxy groups -OCH3 is 1. The minimum atomic E-state index is -0.995. The number of nitrogens with two attached hydrogens (primary N) is 1. The quantitative estimate of drug-likeness (QED) is 0.326. The summed E-state index contributed by atoms with van der Waals surface area (Å²) >= 11 is 0. The van der Waals surface area contributed by atoms with Crippen LogP contribution in [0, 0.1) is 0 Å². The van der Waals surface area contributed by atoms with Crippen LogP contribution in [0.25, 0.3) is 10.4 Å². The summed E-state index contributed by atoms with van der Waals surface area (Å²) in [5, 5.41) is 6.55. The molecule has 0 heterocycles. The van der Waals surface area contributed by atoms with Gasteiger partial charge in [0.25, 0.3) is 0 Å². The van der Waals surface area contributed by atoms with E-state index in [2.05, 4.69) is 15.3 Å².